The van der Waals surface area contributed by atoms with Gasteiger partial charge in [0, 0.05) is 23.8 Å². The molecule has 0 aromatic carbocycles. The highest BCUT2D eigenvalue weighted by Gasteiger charge is 2.40. The maximum atomic E-state index is 9.82. The molecule has 19 heavy (non-hydrogen) atoms. The van der Waals surface area contributed by atoms with E-state index in [2.05, 4.69) is 20.3 Å². The fraction of sp³-hybridized carbons (Fsp3) is 0.692. The minimum absolute atomic E-state index is 0.131. The van der Waals surface area contributed by atoms with Gasteiger partial charge in [-0.1, -0.05) is 0 Å². The molecule has 2 bridgehead atoms. The molecule has 104 valence electrons. The van der Waals surface area contributed by atoms with Crippen molar-refractivity contribution in [3.63, 3.8) is 0 Å². The summed E-state index contributed by atoms with van der Waals surface area (Å²) in [5.41, 5.74) is 3.50. The second-order valence-corrected chi connectivity index (χ2v) is 5.64. The Hall–Kier alpha value is -1.24. The Bertz CT molecular complexity index is 452. The van der Waals surface area contributed by atoms with Crippen LogP contribution in [0.2, 0.25) is 0 Å². The van der Waals surface area contributed by atoms with Crippen molar-refractivity contribution in [3.8, 4) is 0 Å². The fourth-order valence-corrected chi connectivity index (χ4v) is 3.44. The molecule has 0 radical (unpaired) electrons. The van der Waals surface area contributed by atoms with Gasteiger partial charge in [0.2, 0.25) is 0 Å². The molecular formula is C13H21N5O. The Morgan fingerprint density at radius 2 is 2.05 bits per heavy atom. The first-order valence-corrected chi connectivity index (χ1v) is 6.90. The van der Waals surface area contributed by atoms with Crippen LogP contribution < -0.4 is 11.3 Å². The van der Waals surface area contributed by atoms with E-state index in [4.69, 9.17) is 5.84 Å². The fourth-order valence-electron chi connectivity index (χ4n) is 3.44. The third kappa shape index (κ3) is 2.56. The van der Waals surface area contributed by atoms with E-state index in [0.717, 1.165) is 30.9 Å². The number of aryl methyl sites for hydroxylation is 1. The van der Waals surface area contributed by atoms with Crippen LogP contribution in [0.4, 0.5) is 5.82 Å². The number of piperidine rings is 1. The summed E-state index contributed by atoms with van der Waals surface area (Å²) in [5, 5.41) is 9.82. The van der Waals surface area contributed by atoms with Gasteiger partial charge in [0.05, 0.1) is 12.6 Å². The van der Waals surface area contributed by atoms with E-state index in [1.165, 1.54) is 12.8 Å². The minimum atomic E-state index is -0.131. The summed E-state index contributed by atoms with van der Waals surface area (Å²) < 4.78 is 0. The second-order valence-electron chi connectivity index (χ2n) is 5.64. The Labute approximate surface area is 113 Å². The van der Waals surface area contributed by atoms with Crippen LogP contribution >= 0.6 is 0 Å². The number of nitrogens with two attached hydrogens (primary N) is 1. The summed E-state index contributed by atoms with van der Waals surface area (Å²) in [7, 11) is 0. The lowest BCUT2D eigenvalue weighted by Gasteiger charge is -2.36. The minimum Gasteiger partial charge on any atom is -0.393 e. The molecule has 0 saturated carbocycles. The lowest BCUT2D eigenvalue weighted by atomic mass is 10.00. The van der Waals surface area contributed by atoms with E-state index in [-0.39, 0.29) is 6.10 Å². The number of aliphatic hydroxyl groups excluding tert-OH is 1. The third-order valence-corrected chi connectivity index (χ3v) is 4.23. The number of aliphatic hydroxyl groups is 1. The molecule has 1 aromatic heterocycles. The van der Waals surface area contributed by atoms with Crippen molar-refractivity contribution >= 4 is 5.82 Å². The zero-order chi connectivity index (χ0) is 13.4. The topological polar surface area (TPSA) is 87.3 Å². The number of anilines is 1. The molecule has 2 unspecified atom stereocenters. The first kappa shape index (κ1) is 12.8. The van der Waals surface area contributed by atoms with E-state index >= 15 is 0 Å². The maximum absolute atomic E-state index is 9.82. The van der Waals surface area contributed by atoms with Crippen LogP contribution in [-0.4, -0.2) is 38.2 Å². The third-order valence-electron chi connectivity index (χ3n) is 4.23. The van der Waals surface area contributed by atoms with Gasteiger partial charge in [-0.2, -0.15) is 0 Å². The van der Waals surface area contributed by atoms with Gasteiger partial charge in [-0.15, -0.1) is 0 Å². The van der Waals surface area contributed by atoms with Crippen molar-refractivity contribution in [2.75, 3.05) is 5.43 Å². The van der Waals surface area contributed by atoms with Crippen LogP contribution in [0.1, 0.15) is 37.2 Å². The Morgan fingerprint density at radius 3 is 2.68 bits per heavy atom. The van der Waals surface area contributed by atoms with E-state index in [9.17, 15) is 5.11 Å². The maximum Gasteiger partial charge on any atom is 0.145 e. The summed E-state index contributed by atoms with van der Waals surface area (Å²) in [4.78, 5) is 11.3. The van der Waals surface area contributed by atoms with E-state index in [0.29, 0.717) is 17.9 Å². The molecule has 0 aliphatic carbocycles. The summed E-state index contributed by atoms with van der Waals surface area (Å²) in [6.07, 6.45) is 3.98. The molecule has 3 rings (SSSR count). The number of aromatic nitrogens is 2. The summed E-state index contributed by atoms with van der Waals surface area (Å²) in [6, 6.07) is 2.79. The average Bonchev–Trinajstić information content (AvgIpc) is 2.60. The summed E-state index contributed by atoms with van der Waals surface area (Å²) in [6.45, 7) is 2.69. The van der Waals surface area contributed by atoms with Gasteiger partial charge in [0.25, 0.3) is 0 Å². The van der Waals surface area contributed by atoms with Gasteiger partial charge < -0.3 is 10.5 Å². The SMILES string of the molecule is Cc1cc(NN)nc(CN2C3CCC2CC(O)C3)n1. The van der Waals surface area contributed by atoms with Gasteiger partial charge in [0.15, 0.2) is 0 Å². The number of rotatable bonds is 3. The largest absolute Gasteiger partial charge is 0.393 e. The van der Waals surface area contributed by atoms with Crippen LogP contribution in [0.5, 0.6) is 0 Å². The monoisotopic (exact) mass is 263 g/mol. The van der Waals surface area contributed by atoms with Gasteiger partial charge in [-0.3, -0.25) is 4.90 Å². The molecule has 4 N–H and O–H groups in total. The first-order chi connectivity index (χ1) is 9.15. The number of hydrogen-bond acceptors (Lipinski definition) is 6. The molecule has 0 spiro atoms. The second kappa shape index (κ2) is 5.03. The standard InChI is InChI=1S/C13H21N5O/c1-8-4-12(17-14)16-13(15-8)7-18-9-2-3-10(18)6-11(19)5-9/h4,9-11,19H,2-3,5-7,14H2,1H3,(H,15,16,17). The molecule has 2 atom stereocenters. The summed E-state index contributed by atoms with van der Waals surface area (Å²) in [5.74, 6) is 6.88. The van der Waals surface area contributed by atoms with Crippen LogP contribution in [0.15, 0.2) is 6.07 Å². The van der Waals surface area contributed by atoms with E-state index in [1.807, 2.05) is 13.0 Å². The van der Waals surface area contributed by atoms with Crippen molar-refractivity contribution < 1.29 is 5.11 Å². The molecule has 6 nitrogen and oxygen atoms in total. The van der Waals surface area contributed by atoms with Crippen LogP contribution in [0.3, 0.4) is 0 Å². The normalized spacial score (nSPS) is 30.6. The Kier molecular flexibility index (Phi) is 3.38. The summed E-state index contributed by atoms with van der Waals surface area (Å²) >= 11 is 0. The molecule has 2 fully saturated rings. The quantitative estimate of drug-likeness (QED) is 0.545. The lowest BCUT2D eigenvalue weighted by Crippen LogP contribution is -2.44. The highest BCUT2D eigenvalue weighted by Crippen LogP contribution is 2.36. The first-order valence-electron chi connectivity index (χ1n) is 6.90. The number of fused-ring (bicyclic) bond motifs is 2. The van der Waals surface area contributed by atoms with Crippen LogP contribution in [-0.2, 0) is 6.54 Å². The van der Waals surface area contributed by atoms with Crippen molar-refractivity contribution in [3.05, 3.63) is 17.6 Å². The molecule has 2 aliphatic rings. The van der Waals surface area contributed by atoms with Crippen molar-refractivity contribution in [2.45, 2.75) is 57.3 Å². The molecule has 6 heteroatoms. The number of hydrazine groups is 1. The van der Waals surface area contributed by atoms with E-state index < -0.39 is 0 Å². The van der Waals surface area contributed by atoms with Crippen molar-refractivity contribution in [2.24, 2.45) is 5.84 Å². The van der Waals surface area contributed by atoms with Crippen molar-refractivity contribution in [1.82, 2.24) is 14.9 Å². The predicted molar refractivity (Wildman–Crippen MR) is 72.2 cm³/mol. The highest BCUT2D eigenvalue weighted by atomic mass is 16.3. The molecule has 1 aromatic rings. The molecule has 2 aliphatic heterocycles. The number of nitrogen functional groups attached to an aromatic ring is 1. The van der Waals surface area contributed by atoms with Gasteiger partial charge in [0.1, 0.15) is 11.6 Å². The van der Waals surface area contributed by atoms with Gasteiger partial charge in [-0.05, 0) is 32.6 Å². The zero-order valence-corrected chi connectivity index (χ0v) is 11.2. The molecule has 2 saturated heterocycles. The molecular weight excluding hydrogens is 242 g/mol. The van der Waals surface area contributed by atoms with Crippen molar-refractivity contribution in [1.29, 1.82) is 0 Å². The smallest absolute Gasteiger partial charge is 0.145 e. The Balaban J connectivity index is 1.77. The number of nitrogens with zero attached hydrogens (tertiary/aromatic N) is 3. The number of nitrogens with one attached hydrogen (secondary N) is 1. The molecule has 0 amide bonds. The van der Waals surface area contributed by atoms with Crippen LogP contribution in [0.25, 0.3) is 0 Å². The predicted octanol–water partition coefficient (Wildman–Crippen LogP) is 0.558. The lowest BCUT2D eigenvalue weighted by molar-refractivity contribution is 0.0296. The van der Waals surface area contributed by atoms with E-state index in [1.54, 1.807) is 0 Å². The van der Waals surface area contributed by atoms with Crippen LogP contribution in [0, 0.1) is 6.92 Å². The average molecular weight is 263 g/mol. The highest BCUT2D eigenvalue weighted by molar-refractivity contribution is 5.33. The molecule has 3 heterocycles. The Morgan fingerprint density at radius 1 is 1.37 bits per heavy atom. The zero-order valence-electron chi connectivity index (χ0n) is 11.2. The number of hydrogen-bond donors (Lipinski definition) is 3. The van der Waals surface area contributed by atoms with Gasteiger partial charge >= 0.3 is 0 Å². The van der Waals surface area contributed by atoms with Gasteiger partial charge in [-0.25, -0.2) is 15.8 Å².